The fourth-order valence-electron chi connectivity index (χ4n) is 2.66. The molecule has 0 amide bonds. The van der Waals surface area contributed by atoms with E-state index in [0.717, 1.165) is 25.1 Å². The Morgan fingerprint density at radius 3 is 3.05 bits per heavy atom. The molecule has 4 heteroatoms. The fourth-order valence-corrected chi connectivity index (χ4v) is 2.66. The van der Waals surface area contributed by atoms with Gasteiger partial charge in [-0.3, -0.25) is 0 Å². The molecule has 112 valence electrons. The first-order valence-corrected chi connectivity index (χ1v) is 7.52. The molecule has 0 heterocycles. The summed E-state index contributed by atoms with van der Waals surface area (Å²) < 4.78 is 5.51. The zero-order chi connectivity index (χ0) is 14.4. The highest BCUT2D eigenvalue weighted by Gasteiger charge is 2.19. The second kappa shape index (κ2) is 7.62. The van der Waals surface area contributed by atoms with Crippen molar-refractivity contribution >= 4 is 0 Å². The number of fused-ring (bicyclic) bond motifs is 1. The summed E-state index contributed by atoms with van der Waals surface area (Å²) in [6.07, 6.45) is 3.80. The standard InChI is InChI=1S/C16H25NO3/c1-2-8-17-16-5-3-4-12-9-14(6-7-15(12)16)20-11-13(19)10-18/h6-7,9,13,16-19H,2-5,8,10-11H2,1H3. The van der Waals surface area contributed by atoms with Crippen molar-refractivity contribution in [3.05, 3.63) is 29.3 Å². The molecule has 4 nitrogen and oxygen atoms in total. The van der Waals surface area contributed by atoms with E-state index in [0.29, 0.717) is 6.04 Å². The zero-order valence-electron chi connectivity index (χ0n) is 12.1. The average Bonchev–Trinajstić information content (AvgIpc) is 2.50. The molecule has 0 spiro atoms. The smallest absolute Gasteiger partial charge is 0.119 e. The van der Waals surface area contributed by atoms with Crippen molar-refractivity contribution in [3.63, 3.8) is 0 Å². The molecule has 3 N–H and O–H groups in total. The van der Waals surface area contributed by atoms with Crippen molar-refractivity contribution in [1.82, 2.24) is 5.32 Å². The number of nitrogens with one attached hydrogen (secondary N) is 1. The normalized spacial score (nSPS) is 19.4. The first kappa shape index (κ1) is 15.3. The van der Waals surface area contributed by atoms with E-state index in [4.69, 9.17) is 9.84 Å². The second-order valence-electron chi connectivity index (χ2n) is 5.41. The van der Waals surface area contributed by atoms with Gasteiger partial charge in [-0.15, -0.1) is 0 Å². The van der Waals surface area contributed by atoms with Crippen LogP contribution in [0.4, 0.5) is 0 Å². The molecule has 1 aromatic rings. The summed E-state index contributed by atoms with van der Waals surface area (Å²) in [5.74, 6) is 0.771. The van der Waals surface area contributed by atoms with Gasteiger partial charge in [0.15, 0.2) is 0 Å². The molecule has 1 aromatic carbocycles. The van der Waals surface area contributed by atoms with Gasteiger partial charge in [-0.05, 0) is 55.5 Å². The minimum Gasteiger partial charge on any atom is -0.491 e. The summed E-state index contributed by atoms with van der Waals surface area (Å²) in [7, 11) is 0. The van der Waals surface area contributed by atoms with Crippen molar-refractivity contribution in [2.24, 2.45) is 0 Å². The number of hydrogen-bond acceptors (Lipinski definition) is 4. The van der Waals surface area contributed by atoms with E-state index >= 15 is 0 Å². The minimum atomic E-state index is -0.815. The molecule has 0 bridgehead atoms. The van der Waals surface area contributed by atoms with E-state index in [1.54, 1.807) is 0 Å². The lowest BCUT2D eigenvalue weighted by molar-refractivity contribution is 0.0535. The first-order chi connectivity index (χ1) is 9.74. The van der Waals surface area contributed by atoms with Crippen molar-refractivity contribution in [2.75, 3.05) is 19.8 Å². The lowest BCUT2D eigenvalue weighted by Gasteiger charge is -2.27. The molecular weight excluding hydrogens is 254 g/mol. The molecule has 2 atom stereocenters. The van der Waals surface area contributed by atoms with Crippen molar-refractivity contribution < 1.29 is 14.9 Å². The predicted molar refractivity (Wildman–Crippen MR) is 79.0 cm³/mol. The van der Waals surface area contributed by atoms with Gasteiger partial charge in [-0.2, -0.15) is 0 Å². The average molecular weight is 279 g/mol. The molecule has 0 fully saturated rings. The number of ether oxygens (including phenoxy) is 1. The van der Waals surface area contributed by atoms with Gasteiger partial charge in [0.1, 0.15) is 18.5 Å². The molecule has 20 heavy (non-hydrogen) atoms. The van der Waals surface area contributed by atoms with Crippen LogP contribution in [0.3, 0.4) is 0 Å². The van der Waals surface area contributed by atoms with Crippen LogP contribution in [0.2, 0.25) is 0 Å². The van der Waals surface area contributed by atoms with Crippen LogP contribution in [-0.4, -0.2) is 36.1 Å². The third-order valence-electron chi connectivity index (χ3n) is 3.72. The van der Waals surface area contributed by atoms with Crippen molar-refractivity contribution in [2.45, 2.75) is 44.8 Å². The maximum Gasteiger partial charge on any atom is 0.119 e. The van der Waals surface area contributed by atoms with E-state index in [1.807, 2.05) is 6.07 Å². The van der Waals surface area contributed by atoms with Gasteiger partial charge in [-0.1, -0.05) is 13.0 Å². The van der Waals surface area contributed by atoms with Gasteiger partial charge >= 0.3 is 0 Å². The Hall–Kier alpha value is -1.10. The van der Waals surface area contributed by atoms with Crippen molar-refractivity contribution in [3.8, 4) is 5.75 Å². The Morgan fingerprint density at radius 1 is 1.45 bits per heavy atom. The van der Waals surface area contributed by atoms with Crippen LogP contribution in [0.1, 0.15) is 43.4 Å². The number of rotatable bonds is 7. The number of benzene rings is 1. The molecular formula is C16H25NO3. The Morgan fingerprint density at radius 2 is 2.30 bits per heavy atom. The molecule has 2 rings (SSSR count). The van der Waals surface area contributed by atoms with Crippen LogP contribution in [0.25, 0.3) is 0 Å². The lowest BCUT2D eigenvalue weighted by Crippen LogP contribution is -2.26. The van der Waals surface area contributed by atoms with Crippen LogP contribution in [-0.2, 0) is 6.42 Å². The largest absolute Gasteiger partial charge is 0.491 e. The fraction of sp³-hybridized carbons (Fsp3) is 0.625. The van der Waals surface area contributed by atoms with Crippen LogP contribution in [0.15, 0.2) is 18.2 Å². The van der Waals surface area contributed by atoms with E-state index < -0.39 is 6.10 Å². The number of aliphatic hydroxyl groups is 2. The third kappa shape index (κ3) is 3.95. The molecule has 0 aromatic heterocycles. The van der Waals surface area contributed by atoms with Crippen LogP contribution in [0.5, 0.6) is 5.75 Å². The Bertz CT molecular complexity index is 422. The van der Waals surface area contributed by atoms with E-state index in [2.05, 4.69) is 24.4 Å². The van der Waals surface area contributed by atoms with Crippen molar-refractivity contribution in [1.29, 1.82) is 0 Å². The molecule has 1 aliphatic rings. The quantitative estimate of drug-likeness (QED) is 0.712. The Labute approximate surface area is 120 Å². The predicted octanol–water partition coefficient (Wildman–Crippen LogP) is 1.80. The highest BCUT2D eigenvalue weighted by Crippen LogP contribution is 2.32. The molecule has 0 saturated heterocycles. The zero-order valence-corrected chi connectivity index (χ0v) is 12.1. The van der Waals surface area contributed by atoms with Gasteiger partial charge in [0.2, 0.25) is 0 Å². The monoisotopic (exact) mass is 279 g/mol. The van der Waals surface area contributed by atoms with Crippen LogP contribution in [0, 0.1) is 0 Å². The lowest BCUT2D eigenvalue weighted by atomic mass is 9.87. The maximum atomic E-state index is 9.31. The summed E-state index contributed by atoms with van der Waals surface area (Å²) >= 11 is 0. The highest BCUT2D eigenvalue weighted by atomic mass is 16.5. The molecule has 0 radical (unpaired) electrons. The van der Waals surface area contributed by atoms with Crippen LogP contribution < -0.4 is 10.1 Å². The molecule has 0 aliphatic heterocycles. The van der Waals surface area contributed by atoms with Gasteiger partial charge in [0, 0.05) is 6.04 Å². The summed E-state index contributed by atoms with van der Waals surface area (Å²) in [4.78, 5) is 0. The molecule has 0 saturated carbocycles. The summed E-state index contributed by atoms with van der Waals surface area (Å²) in [5, 5.41) is 21.7. The first-order valence-electron chi connectivity index (χ1n) is 7.52. The maximum absolute atomic E-state index is 9.31. The SMILES string of the molecule is CCCNC1CCCc2cc(OCC(O)CO)ccc21. The Kier molecular flexibility index (Phi) is 5.83. The van der Waals surface area contributed by atoms with E-state index in [9.17, 15) is 5.11 Å². The number of aliphatic hydroxyl groups excluding tert-OH is 2. The summed E-state index contributed by atoms with van der Waals surface area (Å²) in [5.41, 5.74) is 2.71. The second-order valence-corrected chi connectivity index (χ2v) is 5.41. The van der Waals surface area contributed by atoms with Gasteiger partial charge < -0.3 is 20.3 Å². The molecule has 1 aliphatic carbocycles. The highest BCUT2D eigenvalue weighted by molar-refractivity contribution is 5.39. The summed E-state index contributed by atoms with van der Waals surface area (Å²) in [6, 6.07) is 6.60. The van der Waals surface area contributed by atoms with Crippen LogP contribution >= 0.6 is 0 Å². The van der Waals surface area contributed by atoms with Gasteiger partial charge in [-0.25, -0.2) is 0 Å². The van der Waals surface area contributed by atoms with E-state index in [1.165, 1.54) is 24.0 Å². The number of aryl methyl sites for hydroxylation is 1. The van der Waals surface area contributed by atoms with Gasteiger partial charge in [0.05, 0.1) is 6.61 Å². The van der Waals surface area contributed by atoms with Gasteiger partial charge in [0.25, 0.3) is 0 Å². The topological polar surface area (TPSA) is 61.7 Å². The Balaban J connectivity index is 2.03. The minimum absolute atomic E-state index is 0.132. The van der Waals surface area contributed by atoms with E-state index in [-0.39, 0.29) is 13.2 Å². The third-order valence-corrected chi connectivity index (χ3v) is 3.72. The molecule has 2 unspecified atom stereocenters. The number of hydrogen-bond donors (Lipinski definition) is 3. The summed E-state index contributed by atoms with van der Waals surface area (Å²) in [6.45, 7) is 3.09.